The number of hydrazine groups is 1. The van der Waals surface area contributed by atoms with Crippen LogP contribution in [0.2, 0.25) is 0 Å². The summed E-state index contributed by atoms with van der Waals surface area (Å²) in [5, 5.41) is 4.20. The Kier molecular flexibility index (Phi) is 4.40. The number of amides is 1. The largest absolute Gasteiger partial charge is 0.295 e. The van der Waals surface area contributed by atoms with Gasteiger partial charge in [-0.05, 0) is 18.2 Å². The molecule has 2 aromatic heterocycles. The Hall–Kier alpha value is -3.88. The Morgan fingerprint density at radius 3 is 2.54 bits per heavy atom. The van der Waals surface area contributed by atoms with Gasteiger partial charge in [-0.3, -0.25) is 15.6 Å². The van der Waals surface area contributed by atoms with Crippen LogP contribution in [0, 0.1) is 17.5 Å². The normalized spacial score (nSPS) is 10.8. The number of carbonyl (C=O) groups excluding carboxylic acids is 1. The summed E-state index contributed by atoms with van der Waals surface area (Å²) in [6.07, 6.45) is 2.85. The van der Waals surface area contributed by atoms with Gasteiger partial charge in [0, 0.05) is 11.8 Å². The first kappa shape index (κ1) is 17.5. The number of aromatic nitrogens is 3. The number of carbonyl (C=O) groups is 1. The van der Waals surface area contributed by atoms with Crippen molar-refractivity contribution in [2.75, 3.05) is 5.43 Å². The van der Waals surface area contributed by atoms with Gasteiger partial charge in [0.2, 0.25) is 0 Å². The van der Waals surface area contributed by atoms with E-state index in [0.717, 1.165) is 23.4 Å². The number of fused-ring (bicyclic) bond motifs is 1. The van der Waals surface area contributed by atoms with E-state index < -0.39 is 29.0 Å². The van der Waals surface area contributed by atoms with Gasteiger partial charge in [-0.15, -0.1) is 0 Å². The van der Waals surface area contributed by atoms with Crippen molar-refractivity contribution in [2.45, 2.75) is 0 Å². The van der Waals surface area contributed by atoms with Crippen molar-refractivity contribution in [3.63, 3.8) is 0 Å². The highest BCUT2D eigenvalue weighted by atomic mass is 19.2. The lowest BCUT2D eigenvalue weighted by Crippen LogP contribution is -2.30. The monoisotopic (exact) mass is 383 g/mol. The predicted octanol–water partition coefficient (Wildman–Crippen LogP) is 3.57. The standard InChI is InChI=1S/C19H12F3N5O/c20-13-6-7-14(17(22)16(13)21)25-26-19(28)12-10-24-27-15(8-9-23-18(12)27)11-4-2-1-3-5-11/h1-10,25H,(H,26,28). The third-order valence-corrected chi connectivity index (χ3v) is 4.06. The van der Waals surface area contributed by atoms with Crippen molar-refractivity contribution in [3.05, 3.63) is 83.9 Å². The second-order valence-electron chi connectivity index (χ2n) is 5.79. The van der Waals surface area contributed by atoms with Crippen LogP contribution in [-0.4, -0.2) is 20.5 Å². The van der Waals surface area contributed by atoms with Crippen molar-refractivity contribution < 1.29 is 18.0 Å². The number of halogens is 3. The van der Waals surface area contributed by atoms with Crippen molar-refractivity contribution in [3.8, 4) is 11.3 Å². The van der Waals surface area contributed by atoms with Gasteiger partial charge in [0.25, 0.3) is 5.91 Å². The van der Waals surface area contributed by atoms with Crippen LogP contribution in [0.4, 0.5) is 18.9 Å². The minimum Gasteiger partial charge on any atom is -0.295 e. The molecule has 0 aliphatic rings. The number of nitrogens with one attached hydrogen (secondary N) is 2. The molecule has 9 heteroatoms. The van der Waals surface area contributed by atoms with E-state index in [1.54, 1.807) is 12.3 Å². The maximum atomic E-state index is 13.7. The van der Waals surface area contributed by atoms with Crippen molar-refractivity contribution >= 4 is 17.2 Å². The Labute approximate surface area is 156 Å². The van der Waals surface area contributed by atoms with E-state index in [0.29, 0.717) is 0 Å². The molecule has 0 fully saturated rings. The third kappa shape index (κ3) is 3.02. The van der Waals surface area contributed by atoms with Gasteiger partial charge in [0.05, 0.1) is 17.6 Å². The number of rotatable bonds is 4. The zero-order valence-electron chi connectivity index (χ0n) is 14.2. The number of anilines is 1. The summed E-state index contributed by atoms with van der Waals surface area (Å²) in [7, 11) is 0. The highest BCUT2D eigenvalue weighted by Gasteiger charge is 2.18. The Bertz CT molecular complexity index is 1180. The highest BCUT2D eigenvalue weighted by Crippen LogP contribution is 2.21. The maximum Gasteiger partial charge on any atom is 0.275 e. The summed E-state index contributed by atoms with van der Waals surface area (Å²) in [6.45, 7) is 0. The maximum absolute atomic E-state index is 13.7. The van der Waals surface area contributed by atoms with Crippen molar-refractivity contribution in [2.24, 2.45) is 0 Å². The molecule has 28 heavy (non-hydrogen) atoms. The van der Waals surface area contributed by atoms with E-state index in [9.17, 15) is 18.0 Å². The lowest BCUT2D eigenvalue weighted by Gasteiger charge is -2.09. The number of nitrogens with zero attached hydrogens (tertiary/aromatic N) is 3. The molecule has 2 heterocycles. The summed E-state index contributed by atoms with van der Waals surface area (Å²) in [5.74, 6) is -5.07. The van der Waals surface area contributed by atoms with Crippen LogP contribution >= 0.6 is 0 Å². The van der Waals surface area contributed by atoms with Gasteiger partial charge in [0.1, 0.15) is 5.56 Å². The molecular weight excluding hydrogens is 371 g/mol. The zero-order chi connectivity index (χ0) is 19.7. The number of hydrogen-bond acceptors (Lipinski definition) is 4. The van der Waals surface area contributed by atoms with Crippen LogP contribution in [0.15, 0.2) is 60.9 Å². The summed E-state index contributed by atoms with van der Waals surface area (Å²) in [5.41, 5.74) is 6.06. The van der Waals surface area contributed by atoms with Crippen LogP contribution in [0.5, 0.6) is 0 Å². The van der Waals surface area contributed by atoms with E-state index in [2.05, 4.69) is 20.9 Å². The molecule has 0 radical (unpaired) electrons. The minimum atomic E-state index is -1.63. The van der Waals surface area contributed by atoms with Gasteiger partial charge < -0.3 is 0 Å². The summed E-state index contributed by atoms with van der Waals surface area (Å²) >= 11 is 0. The number of hydrogen-bond donors (Lipinski definition) is 2. The zero-order valence-corrected chi connectivity index (χ0v) is 14.2. The van der Waals surface area contributed by atoms with E-state index in [1.165, 1.54) is 10.7 Å². The van der Waals surface area contributed by atoms with Crippen LogP contribution in [-0.2, 0) is 0 Å². The van der Waals surface area contributed by atoms with E-state index in [1.807, 2.05) is 30.3 Å². The lowest BCUT2D eigenvalue weighted by molar-refractivity contribution is 0.0964. The molecule has 0 atom stereocenters. The predicted molar refractivity (Wildman–Crippen MR) is 95.8 cm³/mol. The molecule has 4 aromatic rings. The SMILES string of the molecule is O=C(NNc1ccc(F)c(F)c1F)c1cnn2c(-c3ccccc3)ccnc12. The first-order valence-corrected chi connectivity index (χ1v) is 8.14. The van der Waals surface area contributed by atoms with E-state index in [-0.39, 0.29) is 11.2 Å². The van der Waals surface area contributed by atoms with E-state index in [4.69, 9.17) is 0 Å². The first-order valence-electron chi connectivity index (χ1n) is 8.14. The van der Waals surface area contributed by atoms with Gasteiger partial charge in [-0.1, -0.05) is 30.3 Å². The molecule has 0 aliphatic carbocycles. The number of benzene rings is 2. The molecular formula is C19H12F3N5O. The fourth-order valence-corrected chi connectivity index (χ4v) is 2.69. The summed E-state index contributed by atoms with van der Waals surface area (Å²) in [4.78, 5) is 16.6. The lowest BCUT2D eigenvalue weighted by atomic mass is 10.1. The quantitative estimate of drug-likeness (QED) is 0.418. The van der Waals surface area contributed by atoms with Crippen LogP contribution in [0.25, 0.3) is 16.9 Å². The van der Waals surface area contributed by atoms with Crippen LogP contribution in [0.1, 0.15) is 10.4 Å². The van der Waals surface area contributed by atoms with Crippen molar-refractivity contribution in [1.29, 1.82) is 0 Å². The van der Waals surface area contributed by atoms with Gasteiger partial charge in [-0.25, -0.2) is 22.7 Å². The first-order chi connectivity index (χ1) is 13.6. The Morgan fingerprint density at radius 2 is 1.75 bits per heavy atom. The Balaban J connectivity index is 1.61. The fraction of sp³-hybridized carbons (Fsp3) is 0. The van der Waals surface area contributed by atoms with Crippen molar-refractivity contribution in [1.82, 2.24) is 20.0 Å². The average Bonchev–Trinajstić information content (AvgIpc) is 3.16. The summed E-state index contributed by atoms with van der Waals surface area (Å²) in [6, 6.07) is 12.9. The Morgan fingerprint density at radius 1 is 0.964 bits per heavy atom. The molecule has 4 rings (SSSR count). The molecule has 0 unspecified atom stereocenters. The second-order valence-corrected chi connectivity index (χ2v) is 5.79. The third-order valence-electron chi connectivity index (χ3n) is 4.06. The van der Waals surface area contributed by atoms with Gasteiger partial charge in [0.15, 0.2) is 23.1 Å². The van der Waals surface area contributed by atoms with Gasteiger partial charge in [-0.2, -0.15) is 5.10 Å². The molecule has 0 spiro atoms. The summed E-state index contributed by atoms with van der Waals surface area (Å²) < 4.78 is 41.5. The van der Waals surface area contributed by atoms with Crippen LogP contribution < -0.4 is 10.9 Å². The smallest absolute Gasteiger partial charge is 0.275 e. The second kappa shape index (κ2) is 7.03. The average molecular weight is 383 g/mol. The molecule has 0 bridgehead atoms. The highest BCUT2D eigenvalue weighted by molar-refractivity contribution is 6.00. The minimum absolute atomic E-state index is 0.119. The molecule has 140 valence electrons. The molecule has 6 nitrogen and oxygen atoms in total. The van der Waals surface area contributed by atoms with E-state index >= 15 is 0 Å². The molecule has 0 aliphatic heterocycles. The molecule has 0 saturated heterocycles. The van der Waals surface area contributed by atoms with Gasteiger partial charge >= 0.3 is 0 Å². The molecule has 2 aromatic carbocycles. The van der Waals surface area contributed by atoms with Crippen LogP contribution in [0.3, 0.4) is 0 Å². The molecule has 2 N–H and O–H groups in total. The topological polar surface area (TPSA) is 71.3 Å². The molecule has 0 saturated carbocycles. The fourth-order valence-electron chi connectivity index (χ4n) is 2.69. The molecule has 1 amide bonds.